The first-order valence-corrected chi connectivity index (χ1v) is 10.7. The summed E-state index contributed by atoms with van der Waals surface area (Å²) in [7, 11) is 1.98. The van der Waals surface area contributed by atoms with E-state index in [1.54, 1.807) is 0 Å². The summed E-state index contributed by atoms with van der Waals surface area (Å²) < 4.78 is 8.09. The SMILES string of the molecule is Cc1nnc(CN=C(NCCOC2CCCCCC2)NC2CCCC2)n1C.I. The number of nitrogens with one attached hydrogen (secondary N) is 2. The molecule has 2 fully saturated rings. The number of aliphatic imine (C=N–C) groups is 1. The Morgan fingerprint density at radius 2 is 1.75 bits per heavy atom. The fourth-order valence-corrected chi connectivity index (χ4v) is 3.96. The molecule has 0 unspecified atom stereocenters. The van der Waals surface area contributed by atoms with Crippen LogP contribution in [0.4, 0.5) is 0 Å². The van der Waals surface area contributed by atoms with E-state index < -0.39 is 0 Å². The van der Waals surface area contributed by atoms with Gasteiger partial charge in [0.05, 0.1) is 12.7 Å². The van der Waals surface area contributed by atoms with E-state index in [1.807, 2.05) is 18.5 Å². The third kappa shape index (κ3) is 7.50. The summed E-state index contributed by atoms with van der Waals surface area (Å²) in [4.78, 5) is 4.75. The van der Waals surface area contributed by atoms with Crippen LogP contribution in [-0.2, 0) is 18.3 Å². The van der Waals surface area contributed by atoms with Crippen LogP contribution < -0.4 is 10.6 Å². The lowest BCUT2D eigenvalue weighted by atomic mass is 10.1. The van der Waals surface area contributed by atoms with E-state index in [-0.39, 0.29) is 24.0 Å². The number of rotatable bonds is 7. The average molecular weight is 504 g/mol. The summed E-state index contributed by atoms with van der Waals surface area (Å²) in [6.45, 7) is 4.01. The molecule has 2 aliphatic rings. The molecule has 28 heavy (non-hydrogen) atoms. The van der Waals surface area contributed by atoms with Gasteiger partial charge < -0.3 is 19.9 Å². The van der Waals surface area contributed by atoms with Crippen LogP contribution in [0, 0.1) is 6.92 Å². The Labute approximate surface area is 186 Å². The van der Waals surface area contributed by atoms with E-state index in [4.69, 9.17) is 9.73 Å². The summed E-state index contributed by atoms with van der Waals surface area (Å²) in [6.07, 6.45) is 13.3. The Hall–Kier alpha value is -0.900. The maximum atomic E-state index is 6.10. The first-order chi connectivity index (χ1) is 13.2. The molecule has 1 aromatic heterocycles. The fourth-order valence-electron chi connectivity index (χ4n) is 3.96. The van der Waals surface area contributed by atoms with E-state index in [0.29, 0.717) is 18.7 Å². The predicted octanol–water partition coefficient (Wildman–Crippen LogP) is 3.46. The normalized spacial score (nSPS) is 19.3. The first-order valence-electron chi connectivity index (χ1n) is 10.7. The molecule has 0 radical (unpaired) electrons. The molecule has 0 aliphatic heterocycles. The zero-order chi connectivity index (χ0) is 18.9. The van der Waals surface area contributed by atoms with Crippen molar-refractivity contribution in [2.24, 2.45) is 12.0 Å². The van der Waals surface area contributed by atoms with Crippen molar-refractivity contribution >= 4 is 29.9 Å². The van der Waals surface area contributed by atoms with Crippen LogP contribution >= 0.6 is 24.0 Å². The van der Waals surface area contributed by atoms with E-state index >= 15 is 0 Å². The molecule has 0 atom stereocenters. The lowest BCUT2D eigenvalue weighted by molar-refractivity contribution is 0.0468. The molecule has 2 aliphatic carbocycles. The van der Waals surface area contributed by atoms with E-state index in [9.17, 15) is 0 Å². The Bertz CT molecular complexity index is 592. The van der Waals surface area contributed by atoms with Crippen LogP contribution in [0.15, 0.2) is 4.99 Å². The van der Waals surface area contributed by atoms with Crippen molar-refractivity contribution in [2.75, 3.05) is 13.2 Å². The molecule has 0 spiro atoms. The molecule has 0 aromatic carbocycles. The van der Waals surface area contributed by atoms with E-state index in [2.05, 4.69) is 20.8 Å². The summed E-state index contributed by atoms with van der Waals surface area (Å²) in [6, 6.07) is 0.528. The van der Waals surface area contributed by atoms with E-state index in [0.717, 1.165) is 30.8 Å². The minimum atomic E-state index is 0. The minimum Gasteiger partial charge on any atom is -0.376 e. The highest BCUT2D eigenvalue weighted by Crippen LogP contribution is 2.19. The standard InChI is InChI=1S/C20H36N6O.HI/c1-16-24-25-19(26(16)2)15-22-20(23-17-9-7-8-10-17)21-13-14-27-18-11-5-3-4-6-12-18;/h17-18H,3-15H2,1-2H3,(H2,21,22,23);1H. The monoisotopic (exact) mass is 504 g/mol. The molecule has 3 rings (SSSR count). The maximum Gasteiger partial charge on any atom is 0.192 e. The molecule has 160 valence electrons. The minimum absolute atomic E-state index is 0. The van der Waals surface area contributed by atoms with Gasteiger partial charge in [0.15, 0.2) is 11.8 Å². The molecule has 1 aromatic rings. The van der Waals surface area contributed by atoms with Crippen molar-refractivity contribution in [1.29, 1.82) is 0 Å². The van der Waals surface area contributed by atoms with Gasteiger partial charge in [-0.25, -0.2) is 4.99 Å². The molecule has 2 N–H and O–H groups in total. The van der Waals surface area contributed by atoms with E-state index in [1.165, 1.54) is 64.2 Å². The average Bonchev–Trinajstić information content (AvgIpc) is 3.20. The van der Waals surface area contributed by atoms with Crippen LogP contribution in [0.5, 0.6) is 0 Å². The second-order valence-corrected chi connectivity index (χ2v) is 7.92. The smallest absolute Gasteiger partial charge is 0.192 e. The summed E-state index contributed by atoms with van der Waals surface area (Å²) >= 11 is 0. The van der Waals surface area contributed by atoms with Gasteiger partial charge in [-0.05, 0) is 32.6 Å². The molecule has 0 bridgehead atoms. The predicted molar refractivity (Wildman–Crippen MR) is 123 cm³/mol. The summed E-state index contributed by atoms with van der Waals surface area (Å²) in [5.74, 6) is 2.66. The number of guanidine groups is 1. The topological polar surface area (TPSA) is 76.4 Å². The molecule has 7 nitrogen and oxygen atoms in total. The summed E-state index contributed by atoms with van der Waals surface area (Å²) in [5, 5.41) is 15.4. The van der Waals surface area contributed by atoms with Gasteiger partial charge in [0.25, 0.3) is 0 Å². The number of ether oxygens (including phenoxy) is 1. The second-order valence-electron chi connectivity index (χ2n) is 7.92. The molecular formula is C20H37IN6O. The van der Waals surface area contributed by atoms with Crippen molar-refractivity contribution in [3.63, 3.8) is 0 Å². The molecular weight excluding hydrogens is 467 g/mol. The van der Waals surface area contributed by atoms with Crippen LogP contribution in [-0.4, -0.2) is 46.0 Å². The van der Waals surface area contributed by atoms with Crippen molar-refractivity contribution < 1.29 is 4.74 Å². The van der Waals surface area contributed by atoms with Gasteiger partial charge >= 0.3 is 0 Å². The quantitative estimate of drug-likeness (QED) is 0.196. The van der Waals surface area contributed by atoms with Gasteiger partial charge in [0.1, 0.15) is 12.4 Å². The van der Waals surface area contributed by atoms with Gasteiger partial charge in [-0.3, -0.25) is 0 Å². The third-order valence-corrected chi connectivity index (χ3v) is 5.81. The van der Waals surface area contributed by atoms with Gasteiger partial charge in [0, 0.05) is 19.6 Å². The maximum absolute atomic E-state index is 6.10. The number of hydrogen-bond donors (Lipinski definition) is 2. The molecule has 2 saturated carbocycles. The third-order valence-electron chi connectivity index (χ3n) is 5.81. The highest BCUT2D eigenvalue weighted by molar-refractivity contribution is 14.0. The molecule has 0 amide bonds. The van der Waals surface area contributed by atoms with Crippen molar-refractivity contribution in [1.82, 2.24) is 25.4 Å². The zero-order valence-corrected chi connectivity index (χ0v) is 19.8. The highest BCUT2D eigenvalue weighted by atomic mass is 127. The number of nitrogens with zero attached hydrogens (tertiary/aromatic N) is 4. The van der Waals surface area contributed by atoms with Crippen LogP contribution in [0.3, 0.4) is 0 Å². The lowest BCUT2D eigenvalue weighted by Gasteiger charge is -2.19. The van der Waals surface area contributed by atoms with Crippen LogP contribution in [0.25, 0.3) is 0 Å². The van der Waals surface area contributed by atoms with Crippen LogP contribution in [0.1, 0.15) is 75.9 Å². The Kier molecular flexibility index (Phi) is 10.5. The lowest BCUT2D eigenvalue weighted by Crippen LogP contribution is -2.43. The number of aryl methyl sites for hydroxylation is 1. The Morgan fingerprint density at radius 1 is 1.07 bits per heavy atom. The van der Waals surface area contributed by atoms with Crippen LogP contribution in [0.2, 0.25) is 0 Å². The highest BCUT2D eigenvalue weighted by Gasteiger charge is 2.17. The first kappa shape index (κ1) is 23.4. The number of aromatic nitrogens is 3. The largest absolute Gasteiger partial charge is 0.376 e. The molecule has 8 heteroatoms. The fraction of sp³-hybridized carbons (Fsp3) is 0.850. The Balaban J connectivity index is 0.00000280. The van der Waals surface area contributed by atoms with Gasteiger partial charge in [-0.1, -0.05) is 38.5 Å². The van der Waals surface area contributed by atoms with Gasteiger partial charge in [0.2, 0.25) is 0 Å². The molecule has 0 saturated heterocycles. The number of hydrogen-bond acceptors (Lipinski definition) is 4. The van der Waals surface area contributed by atoms with Crippen molar-refractivity contribution in [3.8, 4) is 0 Å². The molecule has 1 heterocycles. The Morgan fingerprint density at radius 3 is 2.39 bits per heavy atom. The van der Waals surface area contributed by atoms with Crippen molar-refractivity contribution in [2.45, 2.75) is 89.8 Å². The van der Waals surface area contributed by atoms with Gasteiger partial charge in [-0.15, -0.1) is 34.2 Å². The van der Waals surface area contributed by atoms with Crippen molar-refractivity contribution in [3.05, 3.63) is 11.6 Å². The van der Waals surface area contributed by atoms with Gasteiger partial charge in [-0.2, -0.15) is 0 Å². The zero-order valence-electron chi connectivity index (χ0n) is 17.5. The summed E-state index contributed by atoms with van der Waals surface area (Å²) in [5.41, 5.74) is 0. The second kappa shape index (κ2) is 12.6. The number of halogens is 1.